The summed E-state index contributed by atoms with van der Waals surface area (Å²) in [5, 5.41) is 5.02. The second kappa shape index (κ2) is 5.46. The van der Waals surface area contributed by atoms with Gasteiger partial charge in [-0.05, 0) is 54.1 Å². The van der Waals surface area contributed by atoms with Crippen molar-refractivity contribution < 1.29 is 0 Å². The molecule has 88 valence electrons. The third kappa shape index (κ3) is 3.16. The minimum absolute atomic E-state index is 0.0819. The molecule has 1 unspecified atom stereocenters. The summed E-state index contributed by atoms with van der Waals surface area (Å²) in [5.74, 6) is 0. The molecule has 2 rings (SSSR count). The number of hydrogen-bond acceptors (Lipinski definition) is 1. The Labute approximate surface area is 110 Å². The zero-order valence-corrected chi connectivity index (χ0v) is 10.6. The highest BCUT2D eigenvalue weighted by molar-refractivity contribution is 6.34. The molecule has 17 heavy (non-hydrogen) atoms. The largest absolute Gasteiger partial charge is 0.0903 e. The molecule has 0 saturated carbocycles. The van der Waals surface area contributed by atoms with Crippen molar-refractivity contribution in [3.05, 3.63) is 50.3 Å². The molecular formula is C12H11Cl2N3. The Hall–Kier alpha value is -1.15. The van der Waals surface area contributed by atoms with Gasteiger partial charge in [0.05, 0.1) is 0 Å². The number of allylic oxidation sites excluding steroid dienone is 1. The second-order valence-corrected chi connectivity index (χ2v) is 4.89. The molecule has 0 fully saturated rings. The molecule has 1 aliphatic carbocycles. The van der Waals surface area contributed by atoms with Crippen LogP contribution in [0.25, 0.3) is 16.0 Å². The molecule has 1 aliphatic rings. The molecule has 0 amide bonds. The first-order chi connectivity index (χ1) is 8.19. The number of nitrogens with zero attached hydrogens (tertiary/aromatic N) is 3. The maximum atomic E-state index is 8.38. The average Bonchev–Trinajstić information content (AvgIpc) is 2.29. The Morgan fingerprint density at radius 3 is 2.47 bits per heavy atom. The number of halogens is 2. The molecule has 0 heterocycles. The van der Waals surface area contributed by atoms with Gasteiger partial charge in [-0.2, -0.15) is 0 Å². The molecule has 0 spiro atoms. The Morgan fingerprint density at radius 1 is 1.24 bits per heavy atom. The summed E-state index contributed by atoms with van der Waals surface area (Å²) >= 11 is 11.9. The normalized spacial score (nSPS) is 19.4. The van der Waals surface area contributed by atoms with E-state index in [0.717, 1.165) is 24.8 Å². The van der Waals surface area contributed by atoms with E-state index in [0.29, 0.717) is 10.0 Å². The first-order valence-electron chi connectivity index (χ1n) is 5.39. The molecular weight excluding hydrogens is 257 g/mol. The topological polar surface area (TPSA) is 48.8 Å². The summed E-state index contributed by atoms with van der Waals surface area (Å²) in [6.45, 7) is 0. The monoisotopic (exact) mass is 267 g/mol. The van der Waals surface area contributed by atoms with Gasteiger partial charge in [-0.25, -0.2) is 0 Å². The van der Waals surface area contributed by atoms with Crippen LogP contribution in [0.15, 0.2) is 29.4 Å². The molecule has 1 atom stereocenters. The van der Waals surface area contributed by atoms with Crippen LogP contribution in [0.5, 0.6) is 0 Å². The fourth-order valence-electron chi connectivity index (χ4n) is 2.00. The van der Waals surface area contributed by atoms with Crippen molar-refractivity contribution in [2.75, 3.05) is 0 Å². The highest BCUT2D eigenvalue weighted by Crippen LogP contribution is 2.31. The minimum Gasteiger partial charge on any atom is -0.0903 e. The lowest BCUT2D eigenvalue weighted by Crippen LogP contribution is -2.07. The molecule has 1 aromatic carbocycles. The van der Waals surface area contributed by atoms with Crippen molar-refractivity contribution in [2.45, 2.75) is 25.3 Å². The van der Waals surface area contributed by atoms with Gasteiger partial charge in [-0.15, -0.1) is 0 Å². The van der Waals surface area contributed by atoms with Crippen LogP contribution >= 0.6 is 23.2 Å². The van der Waals surface area contributed by atoms with E-state index in [1.54, 1.807) is 6.07 Å². The maximum Gasteiger partial charge on any atom is 0.0426 e. The van der Waals surface area contributed by atoms with Gasteiger partial charge >= 0.3 is 0 Å². The van der Waals surface area contributed by atoms with E-state index >= 15 is 0 Å². The lowest BCUT2D eigenvalue weighted by molar-refractivity contribution is 0.611. The van der Waals surface area contributed by atoms with Gasteiger partial charge in [0.15, 0.2) is 0 Å². The smallest absolute Gasteiger partial charge is 0.0426 e. The van der Waals surface area contributed by atoms with Gasteiger partial charge in [0.2, 0.25) is 0 Å². The Morgan fingerprint density at radius 2 is 1.94 bits per heavy atom. The van der Waals surface area contributed by atoms with Gasteiger partial charge in [-0.3, -0.25) is 0 Å². The van der Waals surface area contributed by atoms with Crippen LogP contribution in [0.1, 0.15) is 24.8 Å². The van der Waals surface area contributed by atoms with E-state index < -0.39 is 0 Å². The fraction of sp³-hybridized carbons (Fsp3) is 0.333. The summed E-state index contributed by atoms with van der Waals surface area (Å²) in [4.78, 5) is 2.84. The van der Waals surface area contributed by atoms with E-state index in [4.69, 9.17) is 28.7 Å². The fourth-order valence-corrected chi connectivity index (χ4v) is 2.53. The first kappa shape index (κ1) is 12.3. The van der Waals surface area contributed by atoms with Crippen molar-refractivity contribution in [3.63, 3.8) is 0 Å². The third-order valence-corrected chi connectivity index (χ3v) is 3.27. The van der Waals surface area contributed by atoms with Crippen molar-refractivity contribution in [3.8, 4) is 0 Å². The summed E-state index contributed by atoms with van der Waals surface area (Å²) in [5.41, 5.74) is 10.7. The second-order valence-electron chi connectivity index (χ2n) is 4.02. The van der Waals surface area contributed by atoms with E-state index in [2.05, 4.69) is 16.1 Å². The Kier molecular flexibility index (Phi) is 3.95. The summed E-state index contributed by atoms with van der Waals surface area (Å²) in [6.07, 6.45) is 4.65. The van der Waals surface area contributed by atoms with Crippen LogP contribution in [-0.2, 0) is 0 Å². The van der Waals surface area contributed by atoms with Crippen LogP contribution in [0, 0.1) is 0 Å². The molecule has 0 aromatic heterocycles. The predicted molar refractivity (Wildman–Crippen MR) is 71.2 cm³/mol. The van der Waals surface area contributed by atoms with Crippen LogP contribution < -0.4 is 0 Å². The number of hydrogen-bond donors (Lipinski definition) is 0. The number of azide groups is 1. The third-order valence-electron chi connectivity index (χ3n) is 2.83. The van der Waals surface area contributed by atoms with Gasteiger partial charge in [0.25, 0.3) is 0 Å². The van der Waals surface area contributed by atoms with Crippen molar-refractivity contribution in [1.29, 1.82) is 0 Å². The molecule has 0 N–H and O–H groups in total. The van der Waals surface area contributed by atoms with Gasteiger partial charge < -0.3 is 0 Å². The number of rotatable bonds is 2. The highest BCUT2D eigenvalue weighted by atomic mass is 35.5. The van der Waals surface area contributed by atoms with Crippen molar-refractivity contribution in [2.24, 2.45) is 5.11 Å². The first-order valence-corrected chi connectivity index (χ1v) is 6.14. The quantitative estimate of drug-likeness (QED) is 0.400. The van der Waals surface area contributed by atoms with E-state index in [-0.39, 0.29) is 6.04 Å². The van der Waals surface area contributed by atoms with Crippen molar-refractivity contribution in [1.82, 2.24) is 0 Å². The molecule has 5 heteroatoms. The van der Waals surface area contributed by atoms with Crippen LogP contribution in [0.4, 0.5) is 0 Å². The van der Waals surface area contributed by atoms with E-state index in [1.165, 1.54) is 5.57 Å². The summed E-state index contributed by atoms with van der Waals surface area (Å²) in [6, 6.07) is 5.62. The maximum absolute atomic E-state index is 8.38. The average molecular weight is 268 g/mol. The Balaban J connectivity index is 2.21. The SMILES string of the molecule is [N-]=[N+]=NC1CC=C(c2cc(Cl)cc(Cl)c2)CC1. The zero-order valence-electron chi connectivity index (χ0n) is 9.11. The van der Waals surface area contributed by atoms with Gasteiger partial charge in [0.1, 0.15) is 0 Å². The van der Waals surface area contributed by atoms with Gasteiger partial charge in [0, 0.05) is 21.0 Å². The molecule has 0 saturated heterocycles. The van der Waals surface area contributed by atoms with Crippen molar-refractivity contribution >= 4 is 28.8 Å². The number of benzene rings is 1. The summed E-state index contributed by atoms with van der Waals surface area (Å²) < 4.78 is 0. The zero-order chi connectivity index (χ0) is 12.3. The molecule has 3 nitrogen and oxygen atoms in total. The van der Waals surface area contributed by atoms with Gasteiger partial charge in [-0.1, -0.05) is 34.4 Å². The Bertz CT molecular complexity index is 484. The molecule has 0 radical (unpaired) electrons. The highest BCUT2D eigenvalue weighted by Gasteiger charge is 2.14. The van der Waals surface area contributed by atoms with Crippen LogP contribution in [-0.4, -0.2) is 6.04 Å². The van der Waals surface area contributed by atoms with Crippen LogP contribution in [0.3, 0.4) is 0 Å². The predicted octanol–water partition coefficient (Wildman–Crippen LogP) is 5.24. The van der Waals surface area contributed by atoms with Crippen LogP contribution in [0.2, 0.25) is 10.0 Å². The lowest BCUT2D eigenvalue weighted by Gasteiger charge is -2.18. The standard InChI is InChI=1S/C12H11Cl2N3/c13-10-5-9(6-11(14)7-10)8-1-3-12(4-2-8)16-17-15/h1,5-7,12H,2-4H2. The van der Waals surface area contributed by atoms with E-state index in [1.807, 2.05) is 12.1 Å². The molecule has 1 aromatic rings. The summed E-state index contributed by atoms with van der Waals surface area (Å²) in [7, 11) is 0. The minimum atomic E-state index is 0.0819. The lowest BCUT2D eigenvalue weighted by atomic mass is 9.91. The van der Waals surface area contributed by atoms with E-state index in [9.17, 15) is 0 Å². The molecule has 0 aliphatic heterocycles. The molecule has 0 bridgehead atoms.